The second-order valence-corrected chi connectivity index (χ2v) is 6.93. The van der Waals surface area contributed by atoms with Crippen molar-refractivity contribution in [2.24, 2.45) is 0 Å². The summed E-state index contributed by atoms with van der Waals surface area (Å²) >= 11 is 0. The van der Waals surface area contributed by atoms with Crippen molar-refractivity contribution in [1.82, 2.24) is 20.1 Å². The van der Waals surface area contributed by atoms with Gasteiger partial charge in [0.25, 0.3) is 5.91 Å². The highest BCUT2D eigenvalue weighted by molar-refractivity contribution is 7.92. The molecule has 124 valence electrons. The molecule has 0 saturated heterocycles. The van der Waals surface area contributed by atoms with Crippen molar-refractivity contribution in [2.75, 3.05) is 17.5 Å². The summed E-state index contributed by atoms with van der Waals surface area (Å²) in [5, 5.41) is 6.42. The third-order valence-corrected chi connectivity index (χ3v) is 4.57. The molecule has 0 atom stereocenters. The number of nitrogens with zero attached hydrogens (tertiary/aromatic N) is 3. The number of aromatic amines is 1. The van der Waals surface area contributed by atoms with E-state index in [0.717, 1.165) is 0 Å². The quantitative estimate of drug-likeness (QED) is 0.790. The van der Waals surface area contributed by atoms with E-state index >= 15 is 0 Å². The minimum Gasteiger partial charge on any atom is -0.334 e. The summed E-state index contributed by atoms with van der Waals surface area (Å²) < 4.78 is 25.9. The maximum absolute atomic E-state index is 12.3. The molecule has 1 aromatic heterocycles. The molecule has 0 aliphatic rings. The molecule has 1 aromatic carbocycles. The number of rotatable bonds is 7. The summed E-state index contributed by atoms with van der Waals surface area (Å²) in [4.78, 5) is 17.8. The molecule has 2 rings (SSSR count). The lowest BCUT2D eigenvalue weighted by Crippen LogP contribution is -2.26. The second-order valence-electron chi connectivity index (χ2n) is 5.09. The Kier molecular flexibility index (Phi) is 5.32. The van der Waals surface area contributed by atoms with Gasteiger partial charge in [0.2, 0.25) is 10.0 Å². The van der Waals surface area contributed by atoms with Crippen LogP contribution in [0.15, 0.2) is 30.6 Å². The van der Waals surface area contributed by atoms with Gasteiger partial charge in [0.05, 0.1) is 12.3 Å². The van der Waals surface area contributed by atoms with Crippen molar-refractivity contribution in [2.45, 2.75) is 19.9 Å². The fourth-order valence-corrected chi connectivity index (χ4v) is 3.14. The molecule has 1 amide bonds. The molecule has 1 heterocycles. The Balaban J connectivity index is 2.02. The number of benzene rings is 1. The van der Waals surface area contributed by atoms with Gasteiger partial charge in [0.1, 0.15) is 12.2 Å². The van der Waals surface area contributed by atoms with Crippen LogP contribution in [0.2, 0.25) is 0 Å². The SMILES string of the molecule is CCCS(=O)(=O)Nc1ccc(C(=O)N(C)Cc2ncn[nH]2)cc1. The number of hydrogen-bond donors (Lipinski definition) is 2. The molecule has 0 spiro atoms. The lowest BCUT2D eigenvalue weighted by Gasteiger charge is -2.16. The van der Waals surface area contributed by atoms with E-state index in [1.165, 1.54) is 11.2 Å². The molecular weight excluding hydrogens is 318 g/mol. The monoisotopic (exact) mass is 337 g/mol. The van der Waals surface area contributed by atoms with Crippen molar-refractivity contribution in [3.8, 4) is 0 Å². The molecular formula is C14H19N5O3S. The summed E-state index contributed by atoms with van der Waals surface area (Å²) in [6.45, 7) is 2.11. The predicted octanol–water partition coefficient (Wildman–Crippen LogP) is 1.23. The van der Waals surface area contributed by atoms with Crippen LogP contribution in [-0.4, -0.2) is 47.2 Å². The fourth-order valence-electron chi connectivity index (χ4n) is 2.00. The Labute approximate surface area is 135 Å². The number of sulfonamides is 1. The summed E-state index contributed by atoms with van der Waals surface area (Å²) in [5.41, 5.74) is 0.901. The summed E-state index contributed by atoms with van der Waals surface area (Å²) in [6, 6.07) is 6.32. The molecule has 2 N–H and O–H groups in total. The number of carbonyl (C=O) groups is 1. The van der Waals surface area contributed by atoms with Gasteiger partial charge in [0.15, 0.2) is 0 Å². The first-order chi connectivity index (χ1) is 10.9. The van der Waals surface area contributed by atoms with E-state index in [0.29, 0.717) is 30.0 Å². The average molecular weight is 337 g/mol. The number of nitrogens with one attached hydrogen (secondary N) is 2. The van der Waals surface area contributed by atoms with Gasteiger partial charge in [-0.2, -0.15) is 5.10 Å². The third-order valence-electron chi connectivity index (χ3n) is 3.08. The van der Waals surface area contributed by atoms with E-state index < -0.39 is 10.0 Å². The van der Waals surface area contributed by atoms with Crippen LogP contribution in [0.25, 0.3) is 0 Å². The molecule has 0 radical (unpaired) electrons. The Morgan fingerprint density at radius 2 is 2.00 bits per heavy atom. The highest BCUT2D eigenvalue weighted by Gasteiger charge is 2.14. The summed E-state index contributed by atoms with van der Waals surface area (Å²) in [5.74, 6) is 0.460. The van der Waals surface area contributed by atoms with Crippen LogP contribution in [-0.2, 0) is 16.6 Å². The van der Waals surface area contributed by atoms with E-state index in [1.54, 1.807) is 38.2 Å². The molecule has 8 nitrogen and oxygen atoms in total. The zero-order chi connectivity index (χ0) is 16.9. The molecule has 0 unspecified atom stereocenters. The molecule has 23 heavy (non-hydrogen) atoms. The molecule has 0 aliphatic carbocycles. The Morgan fingerprint density at radius 3 is 2.57 bits per heavy atom. The predicted molar refractivity (Wildman–Crippen MR) is 86.3 cm³/mol. The van der Waals surface area contributed by atoms with Gasteiger partial charge in [-0.25, -0.2) is 13.4 Å². The van der Waals surface area contributed by atoms with Gasteiger partial charge in [-0.05, 0) is 30.7 Å². The van der Waals surface area contributed by atoms with Gasteiger partial charge in [0, 0.05) is 18.3 Å². The van der Waals surface area contributed by atoms with Crippen molar-refractivity contribution in [1.29, 1.82) is 0 Å². The minimum atomic E-state index is -3.33. The van der Waals surface area contributed by atoms with E-state index in [2.05, 4.69) is 19.9 Å². The van der Waals surface area contributed by atoms with Gasteiger partial charge >= 0.3 is 0 Å². The van der Waals surface area contributed by atoms with Crippen molar-refractivity contribution >= 4 is 21.6 Å². The smallest absolute Gasteiger partial charge is 0.254 e. The summed E-state index contributed by atoms with van der Waals surface area (Å²) in [7, 11) is -1.68. The first kappa shape index (κ1) is 16.9. The molecule has 2 aromatic rings. The normalized spacial score (nSPS) is 11.2. The fraction of sp³-hybridized carbons (Fsp3) is 0.357. The number of anilines is 1. The molecule has 0 fully saturated rings. The zero-order valence-electron chi connectivity index (χ0n) is 13.0. The molecule has 0 saturated carbocycles. The number of carbonyl (C=O) groups excluding carboxylic acids is 1. The number of H-pyrrole nitrogens is 1. The van der Waals surface area contributed by atoms with Gasteiger partial charge in [-0.1, -0.05) is 6.92 Å². The van der Waals surface area contributed by atoms with Crippen molar-refractivity contribution < 1.29 is 13.2 Å². The van der Waals surface area contributed by atoms with Crippen LogP contribution in [0.5, 0.6) is 0 Å². The van der Waals surface area contributed by atoms with E-state index in [1.807, 2.05) is 0 Å². The lowest BCUT2D eigenvalue weighted by molar-refractivity contribution is 0.0781. The van der Waals surface area contributed by atoms with E-state index in [-0.39, 0.29) is 11.7 Å². The molecule has 9 heteroatoms. The van der Waals surface area contributed by atoms with E-state index in [4.69, 9.17) is 0 Å². The van der Waals surface area contributed by atoms with Crippen molar-refractivity contribution in [3.63, 3.8) is 0 Å². The van der Waals surface area contributed by atoms with Crippen LogP contribution in [0.1, 0.15) is 29.5 Å². The van der Waals surface area contributed by atoms with Gasteiger partial charge in [-0.15, -0.1) is 0 Å². The molecule has 0 aliphatic heterocycles. The number of hydrogen-bond acceptors (Lipinski definition) is 5. The zero-order valence-corrected chi connectivity index (χ0v) is 13.8. The molecule has 0 bridgehead atoms. The highest BCUT2D eigenvalue weighted by Crippen LogP contribution is 2.13. The Hall–Kier alpha value is -2.42. The average Bonchev–Trinajstić information content (AvgIpc) is 2.99. The lowest BCUT2D eigenvalue weighted by atomic mass is 10.2. The Morgan fingerprint density at radius 1 is 1.30 bits per heavy atom. The van der Waals surface area contributed by atoms with Crippen LogP contribution in [0.4, 0.5) is 5.69 Å². The van der Waals surface area contributed by atoms with Crippen LogP contribution in [0.3, 0.4) is 0 Å². The standard InChI is InChI=1S/C14H19N5O3S/c1-3-8-23(21,22)18-12-6-4-11(5-7-12)14(20)19(2)9-13-15-10-16-17-13/h4-7,10,18H,3,8-9H2,1-2H3,(H,15,16,17). The first-order valence-corrected chi connectivity index (χ1v) is 8.77. The topological polar surface area (TPSA) is 108 Å². The summed E-state index contributed by atoms with van der Waals surface area (Å²) in [6.07, 6.45) is 1.92. The van der Waals surface area contributed by atoms with Crippen LogP contribution < -0.4 is 4.72 Å². The number of aromatic nitrogens is 3. The van der Waals surface area contributed by atoms with Crippen LogP contribution in [0, 0.1) is 0 Å². The third kappa shape index (κ3) is 4.78. The maximum atomic E-state index is 12.3. The van der Waals surface area contributed by atoms with Crippen molar-refractivity contribution in [3.05, 3.63) is 42.0 Å². The maximum Gasteiger partial charge on any atom is 0.254 e. The first-order valence-electron chi connectivity index (χ1n) is 7.11. The highest BCUT2D eigenvalue weighted by atomic mass is 32.2. The Bertz CT molecular complexity index is 741. The number of amides is 1. The van der Waals surface area contributed by atoms with Gasteiger partial charge in [-0.3, -0.25) is 14.6 Å². The van der Waals surface area contributed by atoms with Crippen LogP contribution >= 0.6 is 0 Å². The second kappa shape index (κ2) is 7.23. The minimum absolute atomic E-state index is 0.0631. The van der Waals surface area contributed by atoms with Gasteiger partial charge < -0.3 is 4.90 Å². The van der Waals surface area contributed by atoms with E-state index in [9.17, 15) is 13.2 Å². The largest absolute Gasteiger partial charge is 0.334 e.